The van der Waals surface area contributed by atoms with Gasteiger partial charge < -0.3 is 28.9 Å². The van der Waals surface area contributed by atoms with Gasteiger partial charge in [-0.1, -0.05) is 184 Å². The lowest BCUT2D eigenvalue weighted by Crippen LogP contribution is -2.40. The van der Waals surface area contributed by atoms with Gasteiger partial charge in [0.15, 0.2) is 0 Å². The number of nitrogens with zero attached hydrogens (tertiary/aromatic N) is 1. The monoisotopic (exact) mass is 791 g/mol. The summed E-state index contributed by atoms with van der Waals surface area (Å²) in [5, 5.41) is 19.3. The van der Waals surface area contributed by atoms with Crippen molar-refractivity contribution in [3.63, 3.8) is 0 Å². The fourth-order valence-electron chi connectivity index (χ4n) is 6.30. The average Bonchev–Trinajstić information content (AvgIpc) is 3.16. The number of unbranched alkanes of at least 4 members (excludes halogenated alkanes) is 22. The molecule has 0 bridgehead atoms. The summed E-state index contributed by atoms with van der Waals surface area (Å²) in [5.41, 5.74) is 0. The topological polar surface area (TPSA) is 102 Å². The Bertz CT molecular complexity index is 1000. The van der Waals surface area contributed by atoms with Crippen LogP contribution in [0.25, 0.3) is 0 Å². The Morgan fingerprint density at radius 1 is 0.536 bits per heavy atom. The number of esters is 1. The van der Waals surface area contributed by atoms with E-state index < -0.39 is 18.4 Å². The molecule has 0 saturated carbocycles. The number of hydrogen-bond acceptors (Lipinski definition) is 6. The highest BCUT2D eigenvalue weighted by Crippen LogP contribution is 2.16. The Kier molecular flexibility index (Phi) is 39.3. The van der Waals surface area contributed by atoms with Crippen LogP contribution in [-0.4, -0.2) is 86.5 Å². The third kappa shape index (κ3) is 42.9. The highest BCUT2D eigenvalue weighted by molar-refractivity contribution is 5.70. The van der Waals surface area contributed by atoms with E-state index in [4.69, 9.17) is 14.2 Å². The number of aliphatic carboxylic acids is 1. The molecule has 0 amide bonds. The smallest absolute Gasteiger partial charge is 0.361 e. The lowest BCUT2D eigenvalue weighted by Gasteiger charge is -2.24. The first kappa shape index (κ1) is 53.7. The van der Waals surface area contributed by atoms with E-state index in [9.17, 15) is 19.8 Å². The number of quaternary nitrogens is 1. The minimum atomic E-state index is -1.46. The standard InChI is InChI=1S/C48H87NO7/c1-5-6-7-8-9-10-11-12-13-14-15-16-17-18-19-20-21-22-23-24-25-26-27-28-29-30-31-32-33-34-35-36-37-38-39-40-46(51)55-43-45(50)44-56-48(47(52)53)54-42-41-49(2,3)4/h6-7,9-10,12-13,15-16,45,48,50H,5,8,11,14,17-44H2,1-4H3/p+1/b7-6-,10-9-,13-12-,16-15-. The summed E-state index contributed by atoms with van der Waals surface area (Å²) >= 11 is 0. The zero-order valence-electron chi connectivity index (χ0n) is 36.8. The maximum Gasteiger partial charge on any atom is 0.361 e. The van der Waals surface area contributed by atoms with Crippen molar-refractivity contribution in [2.45, 2.75) is 199 Å². The quantitative estimate of drug-likeness (QED) is 0.0209. The van der Waals surface area contributed by atoms with Crippen LogP contribution in [-0.2, 0) is 23.8 Å². The number of carboxylic acid groups (broad SMARTS) is 1. The highest BCUT2D eigenvalue weighted by atomic mass is 16.7. The van der Waals surface area contributed by atoms with Crippen molar-refractivity contribution in [3.05, 3.63) is 48.6 Å². The highest BCUT2D eigenvalue weighted by Gasteiger charge is 2.22. The second-order valence-electron chi connectivity index (χ2n) is 16.5. The maximum atomic E-state index is 12.0. The van der Waals surface area contributed by atoms with Crippen molar-refractivity contribution < 1.29 is 38.5 Å². The molecule has 8 nitrogen and oxygen atoms in total. The SMILES string of the molecule is CC/C=C\C/C=C\C/C=C\C/C=C\CCCCCCCCCCCCCCCCCCCCCCCCC(=O)OCC(O)COC(OCC[N+](C)(C)C)C(=O)O. The molecule has 56 heavy (non-hydrogen) atoms. The Hall–Kier alpha value is -2.26. The molecule has 0 aromatic rings. The van der Waals surface area contributed by atoms with E-state index in [1.807, 2.05) is 21.1 Å². The molecule has 2 atom stereocenters. The van der Waals surface area contributed by atoms with E-state index in [0.29, 0.717) is 17.4 Å². The molecule has 2 unspecified atom stereocenters. The van der Waals surface area contributed by atoms with Crippen LogP contribution in [0, 0.1) is 0 Å². The van der Waals surface area contributed by atoms with Gasteiger partial charge in [-0.3, -0.25) is 4.79 Å². The molecule has 0 aromatic heterocycles. The van der Waals surface area contributed by atoms with Crippen LogP contribution in [0.3, 0.4) is 0 Å². The van der Waals surface area contributed by atoms with E-state index in [-0.39, 0.29) is 25.8 Å². The normalized spacial score (nSPS) is 13.5. The summed E-state index contributed by atoms with van der Waals surface area (Å²) in [6.45, 7) is 2.49. The second kappa shape index (κ2) is 40.9. The molecule has 0 fully saturated rings. The van der Waals surface area contributed by atoms with Gasteiger partial charge in [-0.15, -0.1) is 0 Å². The van der Waals surface area contributed by atoms with Gasteiger partial charge in [-0.05, 0) is 44.9 Å². The molecule has 8 heteroatoms. The third-order valence-electron chi connectivity index (χ3n) is 9.83. The lowest BCUT2D eigenvalue weighted by molar-refractivity contribution is -0.870. The number of aliphatic hydroxyl groups excluding tert-OH is 1. The number of allylic oxidation sites excluding steroid dienone is 8. The van der Waals surface area contributed by atoms with Crippen molar-refractivity contribution in [1.29, 1.82) is 0 Å². The predicted molar refractivity (Wildman–Crippen MR) is 235 cm³/mol. The van der Waals surface area contributed by atoms with Crippen LogP contribution in [0.5, 0.6) is 0 Å². The molecule has 0 aliphatic heterocycles. The molecule has 0 radical (unpaired) electrons. The van der Waals surface area contributed by atoms with Crippen LogP contribution in [0.1, 0.15) is 187 Å². The molecule has 0 rings (SSSR count). The van der Waals surface area contributed by atoms with E-state index in [1.54, 1.807) is 0 Å². The van der Waals surface area contributed by atoms with E-state index in [1.165, 1.54) is 128 Å². The van der Waals surface area contributed by atoms with Crippen LogP contribution in [0.4, 0.5) is 0 Å². The average molecular weight is 791 g/mol. The van der Waals surface area contributed by atoms with Crippen LogP contribution in [0.15, 0.2) is 48.6 Å². The first-order valence-corrected chi connectivity index (χ1v) is 22.9. The van der Waals surface area contributed by atoms with E-state index >= 15 is 0 Å². The summed E-state index contributed by atoms with van der Waals surface area (Å²) in [7, 11) is 5.92. The zero-order valence-corrected chi connectivity index (χ0v) is 36.8. The summed E-state index contributed by atoms with van der Waals surface area (Å²) in [6.07, 6.45) is 50.4. The van der Waals surface area contributed by atoms with Gasteiger partial charge in [-0.2, -0.15) is 0 Å². The summed E-state index contributed by atoms with van der Waals surface area (Å²) < 4.78 is 16.2. The summed E-state index contributed by atoms with van der Waals surface area (Å²) in [4.78, 5) is 23.3. The minimum Gasteiger partial charge on any atom is -0.477 e. The zero-order chi connectivity index (χ0) is 41.2. The van der Waals surface area contributed by atoms with Crippen molar-refractivity contribution in [3.8, 4) is 0 Å². The number of carbonyl (C=O) groups is 2. The molecule has 0 aliphatic rings. The van der Waals surface area contributed by atoms with Crippen molar-refractivity contribution in [2.75, 3.05) is 47.5 Å². The molecule has 0 heterocycles. The number of carboxylic acids is 1. The van der Waals surface area contributed by atoms with Gasteiger partial charge in [-0.25, -0.2) is 4.79 Å². The van der Waals surface area contributed by atoms with Gasteiger partial charge in [0.05, 0.1) is 34.4 Å². The number of rotatable bonds is 42. The molecular formula is C48H88NO7+. The van der Waals surface area contributed by atoms with Crippen LogP contribution < -0.4 is 0 Å². The molecule has 0 saturated heterocycles. The van der Waals surface area contributed by atoms with E-state index in [0.717, 1.165) is 44.9 Å². The van der Waals surface area contributed by atoms with Crippen molar-refractivity contribution in [2.24, 2.45) is 0 Å². The summed E-state index contributed by atoms with van der Waals surface area (Å²) in [6, 6.07) is 0. The predicted octanol–water partition coefficient (Wildman–Crippen LogP) is 12.2. The Labute approximate surface area is 344 Å². The first-order chi connectivity index (χ1) is 27.2. The molecule has 0 spiro atoms. The van der Waals surface area contributed by atoms with E-state index in [2.05, 4.69) is 55.5 Å². The summed E-state index contributed by atoms with van der Waals surface area (Å²) in [5.74, 6) is -1.60. The van der Waals surface area contributed by atoms with Crippen molar-refractivity contribution in [1.82, 2.24) is 0 Å². The third-order valence-corrected chi connectivity index (χ3v) is 9.83. The van der Waals surface area contributed by atoms with Crippen LogP contribution in [0.2, 0.25) is 0 Å². The molecular weight excluding hydrogens is 703 g/mol. The first-order valence-electron chi connectivity index (χ1n) is 22.9. The molecule has 326 valence electrons. The molecule has 0 aromatic carbocycles. The molecule has 2 N–H and O–H groups in total. The largest absolute Gasteiger partial charge is 0.477 e. The minimum absolute atomic E-state index is 0.211. The van der Waals surface area contributed by atoms with Crippen molar-refractivity contribution >= 4 is 11.9 Å². The van der Waals surface area contributed by atoms with Gasteiger partial charge in [0.1, 0.15) is 19.3 Å². The fraction of sp³-hybridized carbons (Fsp3) is 0.792. The van der Waals surface area contributed by atoms with Gasteiger partial charge in [0, 0.05) is 6.42 Å². The maximum absolute atomic E-state index is 12.0. The van der Waals surface area contributed by atoms with Gasteiger partial charge >= 0.3 is 11.9 Å². The van der Waals surface area contributed by atoms with Crippen LogP contribution >= 0.6 is 0 Å². The van der Waals surface area contributed by atoms with Gasteiger partial charge in [0.25, 0.3) is 6.29 Å². The second-order valence-corrected chi connectivity index (χ2v) is 16.5. The number of ether oxygens (including phenoxy) is 3. The Morgan fingerprint density at radius 3 is 1.34 bits per heavy atom. The Balaban J connectivity index is 3.39. The number of carbonyl (C=O) groups excluding carboxylic acids is 1. The number of likely N-dealkylation sites (N-methyl/N-ethyl adjacent to an activating group) is 1. The number of aliphatic hydroxyl groups is 1. The van der Waals surface area contributed by atoms with Gasteiger partial charge in [0.2, 0.25) is 0 Å². The number of hydrogen-bond donors (Lipinski definition) is 2. The Morgan fingerprint density at radius 2 is 0.929 bits per heavy atom. The molecule has 0 aliphatic carbocycles. The fourth-order valence-corrected chi connectivity index (χ4v) is 6.30. The lowest BCUT2D eigenvalue weighted by atomic mass is 10.0.